The van der Waals surface area contributed by atoms with Crippen LogP contribution in [0.15, 0.2) is 18.5 Å². The van der Waals surface area contributed by atoms with Gasteiger partial charge in [0.25, 0.3) is 6.43 Å². The van der Waals surface area contributed by atoms with Gasteiger partial charge in [0.1, 0.15) is 0 Å². The van der Waals surface area contributed by atoms with Crippen LogP contribution in [0.4, 0.5) is 8.78 Å². The lowest BCUT2D eigenvalue weighted by atomic mass is 10.4. The molecule has 1 rings (SSSR count). The predicted molar refractivity (Wildman–Crippen MR) is 55.4 cm³/mol. The Kier molecular flexibility index (Phi) is 5.57. The average molecular weight is 238 g/mol. The van der Waals surface area contributed by atoms with Crippen molar-refractivity contribution in [2.75, 3.05) is 25.5 Å². The molecule has 0 amide bonds. The van der Waals surface area contributed by atoms with Crippen molar-refractivity contribution >= 4 is 11.6 Å². The highest BCUT2D eigenvalue weighted by Gasteiger charge is 2.11. The molecular formula is C9H14ClF2N3. The average Bonchev–Trinajstić information content (AvgIpc) is 2.66. The zero-order chi connectivity index (χ0) is 11.1. The summed E-state index contributed by atoms with van der Waals surface area (Å²) in [6.45, 7) is 1.40. The topological polar surface area (TPSA) is 21.1 Å². The minimum Gasteiger partial charge on any atom is -0.295 e. The summed E-state index contributed by atoms with van der Waals surface area (Å²) >= 11 is 5.53. The van der Waals surface area contributed by atoms with Gasteiger partial charge in [0.15, 0.2) is 0 Å². The van der Waals surface area contributed by atoms with Gasteiger partial charge >= 0.3 is 0 Å². The van der Waals surface area contributed by atoms with Gasteiger partial charge in [-0.1, -0.05) is 0 Å². The molecule has 0 saturated heterocycles. The van der Waals surface area contributed by atoms with Gasteiger partial charge in [0.2, 0.25) is 0 Å². The molecule has 0 unspecified atom stereocenters. The Morgan fingerprint density at radius 2 is 2.20 bits per heavy atom. The Morgan fingerprint density at radius 3 is 2.73 bits per heavy atom. The first-order valence-corrected chi connectivity index (χ1v) is 5.29. The van der Waals surface area contributed by atoms with E-state index in [2.05, 4.69) is 5.10 Å². The second-order valence-electron chi connectivity index (χ2n) is 3.15. The summed E-state index contributed by atoms with van der Waals surface area (Å²) in [5, 5.41) is 4.00. The molecule has 0 N–H and O–H groups in total. The standard InChI is InChI=1S/C9H14ClF2N3/c10-2-5-14(8-9(11)12)6-7-15-4-1-3-13-15/h1,3-4,9H,2,5-8H2. The molecule has 0 aliphatic heterocycles. The van der Waals surface area contributed by atoms with Crippen molar-refractivity contribution < 1.29 is 8.78 Å². The largest absolute Gasteiger partial charge is 0.295 e. The fourth-order valence-electron chi connectivity index (χ4n) is 1.29. The molecule has 0 aromatic carbocycles. The van der Waals surface area contributed by atoms with Crippen LogP contribution in [0.5, 0.6) is 0 Å². The Balaban J connectivity index is 2.30. The molecule has 0 aliphatic carbocycles. The van der Waals surface area contributed by atoms with Crippen molar-refractivity contribution in [1.82, 2.24) is 14.7 Å². The van der Waals surface area contributed by atoms with Crippen LogP contribution in [0.3, 0.4) is 0 Å². The number of hydrogen-bond acceptors (Lipinski definition) is 2. The molecule has 0 atom stereocenters. The number of nitrogens with zero attached hydrogens (tertiary/aromatic N) is 3. The minimum absolute atomic E-state index is 0.228. The van der Waals surface area contributed by atoms with Gasteiger partial charge in [-0.05, 0) is 6.07 Å². The van der Waals surface area contributed by atoms with Crippen molar-refractivity contribution in [3.8, 4) is 0 Å². The summed E-state index contributed by atoms with van der Waals surface area (Å²) in [5.74, 6) is 0.367. The van der Waals surface area contributed by atoms with Crippen LogP contribution in [0.1, 0.15) is 0 Å². The van der Waals surface area contributed by atoms with E-state index in [4.69, 9.17) is 11.6 Å². The maximum Gasteiger partial charge on any atom is 0.251 e. The molecule has 0 saturated carbocycles. The van der Waals surface area contributed by atoms with E-state index >= 15 is 0 Å². The van der Waals surface area contributed by atoms with Crippen LogP contribution < -0.4 is 0 Å². The van der Waals surface area contributed by atoms with E-state index in [-0.39, 0.29) is 6.54 Å². The van der Waals surface area contributed by atoms with E-state index in [1.807, 2.05) is 0 Å². The van der Waals surface area contributed by atoms with Crippen LogP contribution in [-0.4, -0.2) is 46.6 Å². The smallest absolute Gasteiger partial charge is 0.251 e. The van der Waals surface area contributed by atoms with Crippen LogP contribution >= 0.6 is 11.6 Å². The number of halogens is 3. The zero-order valence-corrected chi connectivity index (χ0v) is 9.08. The van der Waals surface area contributed by atoms with E-state index in [1.54, 1.807) is 28.0 Å². The Morgan fingerprint density at radius 1 is 1.40 bits per heavy atom. The quantitative estimate of drug-likeness (QED) is 0.673. The highest BCUT2D eigenvalue weighted by atomic mass is 35.5. The molecular weight excluding hydrogens is 224 g/mol. The number of aromatic nitrogens is 2. The van der Waals surface area contributed by atoms with Crippen LogP contribution in [-0.2, 0) is 6.54 Å². The van der Waals surface area contributed by atoms with Crippen molar-refractivity contribution in [2.24, 2.45) is 0 Å². The maximum atomic E-state index is 12.2. The molecule has 1 aromatic heterocycles. The molecule has 3 nitrogen and oxygen atoms in total. The third kappa shape index (κ3) is 5.09. The maximum absolute atomic E-state index is 12.2. The van der Waals surface area contributed by atoms with Crippen molar-refractivity contribution in [3.05, 3.63) is 18.5 Å². The van der Waals surface area contributed by atoms with Crippen LogP contribution in [0.25, 0.3) is 0 Å². The van der Waals surface area contributed by atoms with E-state index in [1.165, 1.54) is 0 Å². The first kappa shape index (κ1) is 12.4. The molecule has 0 spiro atoms. The second kappa shape index (κ2) is 6.74. The van der Waals surface area contributed by atoms with E-state index in [0.29, 0.717) is 25.5 Å². The third-order valence-corrected chi connectivity index (χ3v) is 2.17. The Labute approximate surface area is 92.6 Å². The van der Waals surface area contributed by atoms with Gasteiger partial charge in [0, 0.05) is 31.4 Å². The SMILES string of the molecule is FC(F)CN(CCCl)CCn1cccn1. The first-order chi connectivity index (χ1) is 7.22. The molecule has 86 valence electrons. The molecule has 1 heterocycles. The lowest BCUT2D eigenvalue weighted by Crippen LogP contribution is -2.33. The summed E-state index contributed by atoms with van der Waals surface area (Å²) in [5.41, 5.74) is 0. The highest BCUT2D eigenvalue weighted by Crippen LogP contribution is 1.99. The Hall–Kier alpha value is -0.680. The highest BCUT2D eigenvalue weighted by molar-refractivity contribution is 6.18. The van der Waals surface area contributed by atoms with Crippen LogP contribution in [0.2, 0.25) is 0 Å². The molecule has 0 radical (unpaired) electrons. The summed E-state index contributed by atoms with van der Waals surface area (Å²) in [4.78, 5) is 1.64. The summed E-state index contributed by atoms with van der Waals surface area (Å²) in [6.07, 6.45) is 1.16. The second-order valence-corrected chi connectivity index (χ2v) is 3.53. The van der Waals surface area contributed by atoms with Crippen molar-refractivity contribution in [2.45, 2.75) is 13.0 Å². The molecule has 1 aromatic rings. The number of rotatable bonds is 7. The number of alkyl halides is 3. The normalized spacial score (nSPS) is 11.5. The molecule has 0 aliphatic rings. The van der Waals surface area contributed by atoms with Gasteiger partial charge in [-0.3, -0.25) is 9.58 Å². The van der Waals surface area contributed by atoms with Crippen molar-refractivity contribution in [1.29, 1.82) is 0 Å². The fraction of sp³-hybridized carbons (Fsp3) is 0.667. The third-order valence-electron chi connectivity index (χ3n) is 2.00. The molecule has 6 heteroatoms. The summed E-state index contributed by atoms with van der Waals surface area (Å²) in [7, 11) is 0. The zero-order valence-electron chi connectivity index (χ0n) is 8.32. The number of hydrogen-bond donors (Lipinski definition) is 0. The lowest BCUT2D eigenvalue weighted by molar-refractivity contribution is 0.0889. The van der Waals surface area contributed by atoms with Gasteiger partial charge in [0.05, 0.1) is 13.1 Å². The Bertz CT molecular complexity index is 254. The van der Waals surface area contributed by atoms with Gasteiger partial charge in [-0.25, -0.2) is 8.78 Å². The summed E-state index contributed by atoms with van der Waals surface area (Å²) in [6, 6.07) is 1.80. The summed E-state index contributed by atoms with van der Waals surface area (Å²) < 4.78 is 26.0. The minimum atomic E-state index is -2.31. The van der Waals surface area contributed by atoms with Gasteiger partial charge in [-0.2, -0.15) is 5.10 Å². The molecule has 15 heavy (non-hydrogen) atoms. The lowest BCUT2D eigenvalue weighted by Gasteiger charge is -2.20. The van der Waals surface area contributed by atoms with E-state index < -0.39 is 6.43 Å². The fourth-order valence-corrected chi connectivity index (χ4v) is 1.52. The first-order valence-electron chi connectivity index (χ1n) is 4.76. The van der Waals surface area contributed by atoms with Gasteiger partial charge < -0.3 is 0 Å². The molecule has 0 fully saturated rings. The van der Waals surface area contributed by atoms with E-state index in [0.717, 1.165) is 0 Å². The molecule has 0 bridgehead atoms. The van der Waals surface area contributed by atoms with Crippen LogP contribution in [0, 0.1) is 0 Å². The predicted octanol–water partition coefficient (Wildman–Crippen LogP) is 1.69. The monoisotopic (exact) mass is 237 g/mol. The van der Waals surface area contributed by atoms with Gasteiger partial charge in [-0.15, -0.1) is 11.6 Å². The van der Waals surface area contributed by atoms with Crippen molar-refractivity contribution in [3.63, 3.8) is 0 Å². The van der Waals surface area contributed by atoms with E-state index in [9.17, 15) is 8.78 Å².